The number of nitrogens with one attached hydrogen (secondary N) is 8. The summed E-state index contributed by atoms with van der Waals surface area (Å²) < 4.78 is 117. The van der Waals surface area contributed by atoms with Gasteiger partial charge in [0.15, 0.2) is 0 Å². The van der Waals surface area contributed by atoms with E-state index in [0.29, 0.717) is 78.5 Å². The van der Waals surface area contributed by atoms with Gasteiger partial charge in [-0.1, -0.05) is 36.4 Å². The lowest BCUT2D eigenvalue weighted by Crippen LogP contribution is -2.69. The monoisotopic (exact) mass is 1830 g/mol. The highest BCUT2D eigenvalue weighted by atomic mass is 79.9. The maximum absolute atomic E-state index is 12.8. The van der Waals surface area contributed by atoms with Gasteiger partial charge in [-0.3, -0.25) is 24.6 Å². The van der Waals surface area contributed by atoms with Gasteiger partial charge < -0.3 is 30.9 Å². The summed E-state index contributed by atoms with van der Waals surface area (Å²) in [5, 5.41) is 9.28. The van der Waals surface area contributed by atoms with Crippen molar-refractivity contribution in [2.75, 3.05) is 105 Å². The first-order valence-electron chi connectivity index (χ1n) is 43.2. The molecule has 9 amide bonds. The van der Waals surface area contributed by atoms with Gasteiger partial charge in [0, 0.05) is 132 Å². The van der Waals surface area contributed by atoms with Crippen LogP contribution in [-0.4, -0.2) is 215 Å². The summed E-state index contributed by atoms with van der Waals surface area (Å²) in [6, 6.07) is 16.2. The number of sulfonamides is 4. The fourth-order valence-electron chi connectivity index (χ4n) is 19.7. The molecule has 5 fully saturated rings. The molecule has 5 saturated heterocycles. The lowest BCUT2D eigenvalue weighted by Gasteiger charge is -2.51. The van der Waals surface area contributed by atoms with E-state index in [9.17, 15) is 57.6 Å². The molecule has 8 aliphatic carbocycles. The van der Waals surface area contributed by atoms with Crippen LogP contribution >= 0.6 is 27.7 Å². The van der Waals surface area contributed by atoms with Crippen LogP contribution in [0.2, 0.25) is 0 Å². The lowest BCUT2D eigenvalue weighted by atomic mass is 9.99. The molecule has 6 aromatic rings. The van der Waals surface area contributed by atoms with Crippen LogP contribution in [0.25, 0.3) is 0 Å². The van der Waals surface area contributed by atoms with E-state index in [1.54, 1.807) is 29.1 Å². The number of carbonyl (C=O) groups is 5. The number of anilines is 4. The Labute approximate surface area is 729 Å². The fourth-order valence-corrected chi connectivity index (χ4v) is 25.7. The van der Waals surface area contributed by atoms with Gasteiger partial charge in [0.25, 0.3) is 0 Å². The molecule has 0 spiro atoms. The van der Waals surface area contributed by atoms with Crippen molar-refractivity contribution in [2.24, 2.45) is 0 Å². The van der Waals surface area contributed by atoms with Crippen LogP contribution in [0.1, 0.15) is 172 Å². The smallest absolute Gasteiger partial charge is 0.410 e. The van der Waals surface area contributed by atoms with Gasteiger partial charge in [0.1, 0.15) is 31.2 Å². The minimum Gasteiger partial charge on any atom is -0.444 e. The summed E-state index contributed by atoms with van der Waals surface area (Å²) in [4.78, 5) is 80.9. The second-order valence-corrected chi connectivity index (χ2v) is 45.3. The predicted octanol–water partition coefficient (Wildman–Crippen LogP) is 10.1. The molecule has 0 unspecified atom stereocenters. The van der Waals surface area contributed by atoms with Gasteiger partial charge in [-0.15, -0.1) is 0 Å². The summed E-state index contributed by atoms with van der Waals surface area (Å²) in [7, 11) is -14.9. The molecule has 35 heteroatoms. The van der Waals surface area contributed by atoms with Crippen LogP contribution in [-0.2, 0) is 161 Å². The van der Waals surface area contributed by atoms with Crippen LogP contribution in [0.4, 0.5) is 46.7 Å². The van der Waals surface area contributed by atoms with Gasteiger partial charge in [-0.05, 0) is 310 Å². The number of carbonyl (C=O) groups excluding carboxylic acids is 5. The maximum Gasteiger partial charge on any atom is 0.410 e. The SMILES string of the molecule is CC(C)(C)OC(=O)N1CC(N2CC(S(=O)(=O)NC(=O)Nc3c4c(cc5c3CCC5)CCC4)C2)C1.CSCCN1CC(S(=O)(=O)NC(=O)Nc2c3c(cc4c2CCC4)CCC3)C1.O=C(Nc1c2c(cc3c1CCC3)CCC2)NS(=O)(=O)C1CN(Cc2ccccn2)C1.O=C(Nc1c2c(cc3c1CCC3)CCC2)NS(=O)(=O)C1CN(Cc2cccnc2Br)C1. The van der Waals surface area contributed by atoms with E-state index in [1.807, 2.05) is 72.1 Å². The van der Waals surface area contributed by atoms with Crippen molar-refractivity contribution in [1.29, 1.82) is 0 Å². The Kier molecular flexibility index (Phi) is 26.2. The van der Waals surface area contributed by atoms with E-state index in [0.717, 1.165) is 205 Å². The van der Waals surface area contributed by atoms with Crippen LogP contribution in [0, 0.1) is 0 Å². The van der Waals surface area contributed by atoms with Gasteiger partial charge in [0.2, 0.25) is 40.1 Å². The first-order chi connectivity index (χ1) is 58.4. The van der Waals surface area contributed by atoms with Crippen LogP contribution in [0.15, 0.2) is 71.6 Å². The number of amides is 9. The van der Waals surface area contributed by atoms with Crippen molar-refractivity contribution < 1.29 is 62.4 Å². The molecule has 656 valence electrons. The van der Waals surface area contributed by atoms with Crippen molar-refractivity contribution in [3.8, 4) is 0 Å². The normalized spacial score (nSPS) is 19.3. The van der Waals surface area contributed by atoms with Crippen LogP contribution in [0.5, 0.6) is 0 Å². The second kappa shape index (κ2) is 36.5. The average Bonchev–Trinajstić information content (AvgIpc) is 1.42. The van der Waals surface area contributed by atoms with E-state index in [-0.39, 0.29) is 12.1 Å². The number of thioether (sulfide) groups is 1. The maximum atomic E-state index is 12.8. The second-order valence-electron chi connectivity index (χ2n) is 35.7. The molecule has 7 heterocycles. The Morgan fingerprint density at radius 2 is 0.738 bits per heavy atom. The third-order valence-electron chi connectivity index (χ3n) is 26.2. The van der Waals surface area contributed by atoms with Gasteiger partial charge in [-0.25, -0.2) is 81.5 Å². The first-order valence-corrected chi connectivity index (χ1v) is 51.6. The summed E-state index contributed by atoms with van der Waals surface area (Å²) in [6.45, 7) is 11.9. The highest BCUT2D eigenvalue weighted by Gasteiger charge is 2.48. The number of aryl methyl sites for hydroxylation is 8. The van der Waals surface area contributed by atoms with Crippen molar-refractivity contribution in [3.63, 3.8) is 0 Å². The number of hydrogen-bond acceptors (Lipinski definition) is 21. The molecule has 5 aliphatic heterocycles. The molecule has 29 nitrogen and oxygen atoms in total. The topological polar surface area (TPSA) is 369 Å². The Bertz CT molecular complexity index is 5410. The van der Waals surface area contributed by atoms with Crippen molar-refractivity contribution in [3.05, 3.63) is 172 Å². The number of nitrogens with zero attached hydrogens (tertiary/aromatic N) is 7. The number of pyridine rings is 2. The number of ether oxygens (including phenoxy) is 1. The molecule has 0 bridgehead atoms. The van der Waals surface area contributed by atoms with E-state index in [1.165, 1.54) is 89.0 Å². The van der Waals surface area contributed by atoms with Gasteiger partial charge in [-0.2, -0.15) is 11.8 Å². The number of urea groups is 4. The van der Waals surface area contributed by atoms with Gasteiger partial charge in [0.05, 0.1) is 5.69 Å². The molecule has 2 aromatic heterocycles. The minimum absolute atomic E-state index is 0.127. The molecule has 19 rings (SSSR count). The number of fused-ring (bicyclic) bond motifs is 8. The highest BCUT2D eigenvalue weighted by Crippen LogP contribution is 2.44. The number of rotatable bonds is 20. The number of aromatic nitrogens is 2. The molecule has 4 aromatic carbocycles. The predicted molar refractivity (Wildman–Crippen MR) is 476 cm³/mol. The molecule has 0 radical (unpaired) electrons. The number of likely N-dealkylation sites (tertiary alicyclic amines) is 5. The average molecular weight is 1830 g/mol. The lowest BCUT2D eigenvalue weighted by molar-refractivity contribution is -0.0275. The summed E-state index contributed by atoms with van der Waals surface area (Å²) in [5.41, 5.74) is 24.7. The zero-order chi connectivity index (χ0) is 85.6. The summed E-state index contributed by atoms with van der Waals surface area (Å²) >= 11 is 5.17. The molecule has 0 saturated carbocycles. The minimum atomic E-state index is -3.78. The Hall–Kier alpha value is -8.00. The van der Waals surface area contributed by atoms with E-state index in [4.69, 9.17) is 4.74 Å². The van der Waals surface area contributed by atoms with E-state index < -0.39 is 90.8 Å². The van der Waals surface area contributed by atoms with Crippen molar-refractivity contribution >= 4 is 121 Å². The fraction of sp³-hybridized carbons (Fsp3) is 0.552. The van der Waals surface area contributed by atoms with E-state index in [2.05, 4.69) is 95.2 Å². The van der Waals surface area contributed by atoms with Crippen molar-refractivity contribution in [2.45, 2.75) is 221 Å². The van der Waals surface area contributed by atoms with Crippen LogP contribution < -0.4 is 40.2 Å². The number of halogens is 1. The van der Waals surface area contributed by atoms with Crippen molar-refractivity contribution in [1.82, 2.24) is 53.4 Å². The first kappa shape index (κ1) is 87.5. The number of benzene rings is 4. The zero-order valence-electron chi connectivity index (χ0n) is 69.9. The van der Waals surface area contributed by atoms with Crippen LogP contribution in [0.3, 0.4) is 0 Å². The standard InChI is InChI=1S/C24H34N4O5S.C22H25BrN4O3S.C22H26N4O3S.C19H27N3O3S2/c1-24(2,3)33-23(30)28-11-17(12-28)27-13-18(14-27)34(31,32)26-22(29)25-21-19-8-4-6-15(19)10-16-7-5-9-20(16)21;23-21-16(6-3-9-24-21)11-27-12-17(13-27)31(29,30)26-22(28)25-20-18-7-1-4-14(18)10-15-5-2-8-19(15)20;27-22(24-21-19-8-3-5-15(19)11-16-6-4-9-20(16)21)25-30(28,29)18-13-26(14-18)12-17-7-1-2-10-23-17;1-26-9-8-22-11-15(12-22)27(24,25)21-19(23)20-18-16-6-2-4-13(16)10-14-5-3-7-17(14)18/h10,17-18H,4-9,11-14H2,1-3H3,(H2,25,26,29);3,6,9-10,17H,1-2,4-5,7-8,11-13H2,(H2,25,26,28);1-2,7,10-11,18H,3-6,8-9,12-14H2,(H2,24,25,27);10,15H,2-9,11-12H2,1H3,(H2,20,21,23). The summed E-state index contributed by atoms with van der Waals surface area (Å²) in [5.74, 6) is 0.991. The number of hydrogen-bond donors (Lipinski definition) is 8. The summed E-state index contributed by atoms with van der Waals surface area (Å²) in [6.07, 6.45) is 29.6. The molecule has 8 N–H and O–H groups in total. The Morgan fingerprint density at radius 1 is 0.418 bits per heavy atom. The molecule has 122 heavy (non-hydrogen) atoms. The third-order valence-corrected chi connectivity index (χ3v) is 34.1. The molecule has 13 aliphatic rings. The Balaban J connectivity index is 0.000000121. The van der Waals surface area contributed by atoms with E-state index >= 15 is 0 Å². The largest absolute Gasteiger partial charge is 0.444 e. The zero-order valence-corrected chi connectivity index (χ0v) is 75.5. The third kappa shape index (κ3) is 19.8. The quantitative estimate of drug-likeness (QED) is 0.0329. The Morgan fingerprint density at radius 3 is 1.05 bits per heavy atom. The molecular weight excluding hydrogens is 1720 g/mol. The van der Waals surface area contributed by atoms with Gasteiger partial charge >= 0.3 is 30.2 Å². The highest BCUT2D eigenvalue weighted by molar-refractivity contribution is 9.10. The molecular formula is C87H112BrN15O14S5. The molecule has 0 atom stereocenters.